The van der Waals surface area contributed by atoms with Crippen LogP contribution >= 0.6 is 0 Å². The molecule has 2 atom stereocenters. The predicted octanol–water partition coefficient (Wildman–Crippen LogP) is 3.33. The number of rotatable bonds is 11. The van der Waals surface area contributed by atoms with Crippen LogP contribution in [0.1, 0.15) is 43.4 Å². The van der Waals surface area contributed by atoms with Gasteiger partial charge in [0.2, 0.25) is 0 Å². The van der Waals surface area contributed by atoms with Crippen LogP contribution in [0.5, 0.6) is 0 Å². The van der Waals surface area contributed by atoms with E-state index in [-0.39, 0.29) is 18.0 Å². The molecule has 0 aromatic heterocycles. The summed E-state index contributed by atoms with van der Waals surface area (Å²) >= 11 is 0. The molecule has 1 aromatic carbocycles. The third-order valence-corrected chi connectivity index (χ3v) is 4.71. The van der Waals surface area contributed by atoms with Crippen molar-refractivity contribution >= 4 is 24.0 Å². The molecule has 0 radical (unpaired) electrons. The Hall–Kier alpha value is -2.47. The number of halogens is 1. The van der Waals surface area contributed by atoms with Crippen molar-refractivity contribution in [3.8, 4) is 0 Å². The van der Waals surface area contributed by atoms with Gasteiger partial charge in [0.15, 0.2) is 0 Å². The Morgan fingerprint density at radius 2 is 2.11 bits per heavy atom. The fraction of sp³-hybridized carbons (Fsp3) is 0.429. The summed E-state index contributed by atoms with van der Waals surface area (Å²) < 4.78 is 14.6. The number of hydrogen-bond donors (Lipinski definition) is 2. The summed E-state index contributed by atoms with van der Waals surface area (Å²) in [6.45, 7) is 7.85. The first kappa shape index (κ1) is 22.6. The van der Waals surface area contributed by atoms with E-state index < -0.39 is 17.8 Å². The summed E-state index contributed by atoms with van der Waals surface area (Å²) in [6.07, 6.45) is 5.77. The van der Waals surface area contributed by atoms with E-state index in [2.05, 4.69) is 6.58 Å². The second-order valence-electron chi connectivity index (χ2n) is 6.69. The van der Waals surface area contributed by atoms with Crippen LogP contribution in [0.15, 0.2) is 24.8 Å². The summed E-state index contributed by atoms with van der Waals surface area (Å²) in [5, 5.41) is 9.61. The fourth-order valence-corrected chi connectivity index (χ4v) is 2.92. The highest BCUT2D eigenvalue weighted by molar-refractivity contribution is 5.75. The number of likely N-dealkylation sites (N-methyl/N-ethyl adjacent to an activating group) is 1. The van der Waals surface area contributed by atoms with Crippen molar-refractivity contribution in [1.82, 2.24) is 4.90 Å². The maximum absolute atomic E-state index is 14.6. The summed E-state index contributed by atoms with van der Waals surface area (Å²) in [4.78, 5) is 24.4. The summed E-state index contributed by atoms with van der Waals surface area (Å²) in [7, 11) is 1.68. The third-order valence-electron chi connectivity index (χ3n) is 4.71. The Bertz CT molecular complexity index is 716. The number of carbonyl (C=O) groups excluding carboxylic acids is 1. The summed E-state index contributed by atoms with van der Waals surface area (Å²) in [5.41, 5.74) is 7.47. The van der Waals surface area contributed by atoms with Gasteiger partial charge in [-0.25, -0.2) is 4.39 Å². The Morgan fingerprint density at radius 1 is 1.44 bits per heavy atom. The monoisotopic (exact) mass is 376 g/mol. The molecule has 0 heterocycles. The van der Waals surface area contributed by atoms with Crippen LogP contribution in [0, 0.1) is 11.7 Å². The van der Waals surface area contributed by atoms with Crippen molar-refractivity contribution in [2.45, 2.75) is 39.2 Å². The van der Waals surface area contributed by atoms with E-state index in [9.17, 15) is 19.1 Å². The van der Waals surface area contributed by atoms with Gasteiger partial charge in [0.05, 0.1) is 0 Å². The molecular formula is C21H29FN2O3. The number of carbonyl (C=O) groups is 2. The van der Waals surface area contributed by atoms with Gasteiger partial charge in [-0.15, -0.1) is 0 Å². The zero-order valence-corrected chi connectivity index (χ0v) is 16.2. The van der Waals surface area contributed by atoms with Gasteiger partial charge >= 0.3 is 5.97 Å². The van der Waals surface area contributed by atoms with Crippen LogP contribution in [0.4, 0.5) is 4.39 Å². The Kier molecular flexibility index (Phi) is 8.88. The minimum Gasteiger partial charge on any atom is -0.480 e. The molecule has 0 fully saturated rings. The van der Waals surface area contributed by atoms with Gasteiger partial charge in [0, 0.05) is 23.6 Å². The lowest BCUT2D eigenvalue weighted by atomic mass is 9.96. The Labute approximate surface area is 160 Å². The highest BCUT2D eigenvalue weighted by atomic mass is 19.1. The molecule has 0 saturated carbocycles. The van der Waals surface area contributed by atoms with Gasteiger partial charge in [-0.1, -0.05) is 25.7 Å². The molecule has 5 nitrogen and oxygen atoms in total. The van der Waals surface area contributed by atoms with E-state index in [0.29, 0.717) is 36.1 Å². The molecule has 0 aliphatic rings. The van der Waals surface area contributed by atoms with Crippen molar-refractivity contribution < 1.29 is 19.1 Å². The molecule has 2 unspecified atom stereocenters. The van der Waals surface area contributed by atoms with Crippen molar-refractivity contribution in [2.75, 3.05) is 13.6 Å². The largest absolute Gasteiger partial charge is 0.480 e. The SMILES string of the molecule is C=C(N)c1cc(F)c(CC(C(=O)O)N(C)CCC(C=O)CC)cc1/C=C\C. The molecule has 1 rings (SSSR count). The summed E-state index contributed by atoms with van der Waals surface area (Å²) in [6, 6.07) is 2.02. The molecule has 0 aliphatic heterocycles. The second-order valence-corrected chi connectivity index (χ2v) is 6.69. The van der Waals surface area contributed by atoms with Gasteiger partial charge in [0.1, 0.15) is 18.1 Å². The van der Waals surface area contributed by atoms with E-state index in [1.165, 1.54) is 6.07 Å². The number of aliphatic carboxylic acids is 1. The number of carboxylic acids is 1. The first-order valence-corrected chi connectivity index (χ1v) is 9.03. The molecule has 0 amide bonds. The molecule has 0 bridgehead atoms. The van der Waals surface area contributed by atoms with Crippen molar-refractivity contribution in [2.24, 2.45) is 11.7 Å². The number of hydrogen-bond acceptors (Lipinski definition) is 4. The smallest absolute Gasteiger partial charge is 0.321 e. The highest BCUT2D eigenvalue weighted by Crippen LogP contribution is 2.23. The second kappa shape index (κ2) is 10.6. The maximum Gasteiger partial charge on any atom is 0.321 e. The van der Waals surface area contributed by atoms with Crippen LogP contribution in [-0.4, -0.2) is 41.9 Å². The number of nitrogens with two attached hydrogens (primary N) is 1. The molecule has 0 saturated heterocycles. The van der Waals surface area contributed by atoms with E-state index in [0.717, 1.165) is 6.29 Å². The van der Waals surface area contributed by atoms with E-state index >= 15 is 0 Å². The zero-order chi connectivity index (χ0) is 20.6. The van der Waals surface area contributed by atoms with Crippen LogP contribution < -0.4 is 5.73 Å². The average Bonchev–Trinajstić information content (AvgIpc) is 2.61. The quantitative estimate of drug-likeness (QED) is 0.579. The molecular weight excluding hydrogens is 347 g/mol. The maximum atomic E-state index is 14.6. The molecule has 0 spiro atoms. The Balaban J connectivity index is 3.09. The zero-order valence-electron chi connectivity index (χ0n) is 16.2. The van der Waals surface area contributed by atoms with Gasteiger partial charge in [0.25, 0.3) is 0 Å². The van der Waals surface area contributed by atoms with Crippen molar-refractivity contribution in [1.29, 1.82) is 0 Å². The molecule has 1 aromatic rings. The standard InChI is InChI=1S/C21H29FN2O3/c1-5-7-16-10-17(19(22)12-18(16)14(3)23)11-20(21(26)27)24(4)9-8-15(6-2)13-25/h5,7,10,12-13,15,20H,3,6,8-9,11,23H2,1-2,4H3,(H,26,27)/b7-5-. The Morgan fingerprint density at radius 3 is 2.59 bits per heavy atom. The van der Waals surface area contributed by atoms with Crippen molar-refractivity contribution in [3.05, 3.63) is 47.3 Å². The van der Waals surface area contributed by atoms with Gasteiger partial charge in [-0.3, -0.25) is 9.69 Å². The minimum atomic E-state index is -1.03. The lowest BCUT2D eigenvalue weighted by molar-refractivity contribution is -0.142. The number of allylic oxidation sites excluding steroid dienone is 1. The topological polar surface area (TPSA) is 83.6 Å². The number of aldehydes is 1. The van der Waals surface area contributed by atoms with Gasteiger partial charge in [-0.05, 0) is 56.6 Å². The normalized spacial score (nSPS) is 13.7. The van der Waals surface area contributed by atoms with Gasteiger partial charge < -0.3 is 15.6 Å². The average molecular weight is 376 g/mol. The number of benzene rings is 1. The van der Waals surface area contributed by atoms with Crippen LogP contribution in [0.3, 0.4) is 0 Å². The van der Waals surface area contributed by atoms with E-state index in [4.69, 9.17) is 5.73 Å². The summed E-state index contributed by atoms with van der Waals surface area (Å²) in [5.74, 6) is -1.64. The van der Waals surface area contributed by atoms with E-state index in [1.807, 2.05) is 13.8 Å². The number of carboxylic acid groups (broad SMARTS) is 1. The molecule has 0 aliphatic carbocycles. The van der Waals surface area contributed by atoms with E-state index in [1.54, 1.807) is 30.2 Å². The van der Waals surface area contributed by atoms with Crippen LogP contribution in [0.25, 0.3) is 11.8 Å². The first-order valence-electron chi connectivity index (χ1n) is 9.03. The molecule has 27 heavy (non-hydrogen) atoms. The van der Waals surface area contributed by atoms with Crippen LogP contribution in [-0.2, 0) is 16.0 Å². The third kappa shape index (κ3) is 6.32. The lowest BCUT2D eigenvalue weighted by Gasteiger charge is -2.26. The van der Waals surface area contributed by atoms with Crippen LogP contribution in [0.2, 0.25) is 0 Å². The van der Waals surface area contributed by atoms with Crippen molar-refractivity contribution in [3.63, 3.8) is 0 Å². The molecule has 6 heteroatoms. The molecule has 148 valence electrons. The predicted molar refractivity (Wildman–Crippen MR) is 107 cm³/mol. The lowest BCUT2D eigenvalue weighted by Crippen LogP contribution is -2.41. The first-order chi connectivity index (χ1) is 12.7. The highest BCUT2D eigenvalue weighted by Gasteiger charge is 2.25. The fourth-order valence-electron chi connectivity index (χ4n) is 2.92. The minimum absolute atomic E-state index is 0.0113. The number of nitrogens with zero attached hydrogens (tertiary/aromatic N) is 1. The molecule has 3 N–H and O–H groups in total. The van der Waals surface area contributed by atoms with Gasteiger partial charge in [-0.2, -0.15) is 0 Å².